The molecule has 21 heavy (non-hydrogen) atoms. The Labute approximate surface area is 129 Å². The van der Waals surface area contributed by atoms with Gasteiger partial charge in [0.15, 0.2) is 5.13 Å². The summed E-state index contributed by atoms with van der Waals surface area (Å²) in [4.78, 5) is 18.2. The largest absolute Gasteiger partial charge is 0.378 e. The van der Waals surface area contributed by atoms with Crippen molar-refractivity contribution in [3.05, 3.63) is 36.0 Å². The van der Waals surface area contributed by atoms with Crippen LogP contribution in [0.4, 0.5) is 15.8 Å². The van der Waals surface area contributed by atoms with Gasteiger partial charge in [0.1, 0.15) is 5.00 Å². The number of hydrogen-bond acceptors (Lipinski definition) is 5. The van der Waals surface area contributed by atoms with Crippen molar-refractivity contribution < 1.29 is 4.79 Å². The summed E-state index contributed by atoms with van der Waals surface area (Å²) in [6.07, 6.45) is 2.08. The fourth-order valence-corrected chi connectivity index (χ4v) is 2.65. The standard InChI is InChI=1S/C15H20N4OS/c1-4-16-14-10-17-15(21-14)18-13(20)9-11-5-7-12(8-6-11)19(2)3/h5-8,10,16H,4,9H2,1-3H3,(H,17,18,20). The fourth-order valence-electron chi connectivity index (χ4n) is 1.85. The lowest BCUT2D eigenvalue weighted by molar-refractivity contribution is -0.115. The van der Waals surface area contributed by atoms with Gasteiger partial charge in [0.25, 0.3) is 0 Å². The van der Waals surface area contributed by atoms with Crippen molar-refractivity contribution in [3.8, 4) is 0 Å². The Hall–Kier alpha value is -2.08. The Balaban J connectivity index is 1.91. The number of benzene rings is 1. The predicted octanol–water partition coefficient (Wildman–Crippen LogP) is 2.82. The first-order chi connectivity index (χ1) is 10.1. The molecule has 2 N–H and O–H groups in total. The molecule has 5 nitrogen and oxygen atoms in total. The summed E-state index contributed by atoms with van der Waals surface area (Å²) in [5.41, 5.74) is 2.11. The zero-order valence-electron chi connectivity index (χ0n) is 12.5. The molecule has 0 radical (unpaired) electrons. The Kier molecular flexibility index (Phi) is 5.16. The van der Waals surface area contributed by atoms with E-state index in [1.807, 2.05) is 50.2 Å². The molecule has 1 heterocycles. The maximum Gasteiger partial charge on any atom is 0.230 e. The van der Waals surface area contributed by atoms with Gasteiger partial charge in [-0.05, 0) is 24.6 Å². The minimum absolute atomic E-state index is 0.0509. The third kappa shape index (κ3) is 4.46. The Morgan fingerprint density at radius 1 is 1.29 bits per heavy atom. The maximum absolute atomic E-state index is 12.0. The molecular weight excluding hydrogens is 284 g/mol. The SMILES string of the molecule is CCNc1cnc(NC(=O)Cc2ccc(N(C)C)cc2)s1. The normalized spacial score (nSPS) is 10.2. The summed E-state index contributed by atoms with van der Waals surface area (Å²) < 4.78 is 0. The van der Waals surface area contributed by atoms with E-state index in [9.17, 15) is 4.79 Å². The summed E-state index contributed by atoms with van der Waals surface area (Å²) in [6, 6.07) is 7.96. The molecule has 0 fully saturated rings. The van der Waals surface area contributed by atoms with Gasteiger partial charge in [-0.15, -0.1) is 0 Å². The molecule has 0 aliphatic carbocycles. The van der Waals surface area contributed by atoms with Crippen LogP contribution in [-0.4, -0.2) is 31.5 Å². The molecule has 1 aromatic heterocycles. The zero-order valence-corrected chi connectivity index (χ0v) is 13.3. The molecule has 2 rings (SSSR count). The van der Waals surface area contributed by atoms with Gasteiger partial charge in [0.05, 0.1) is 12.6 Å². The van der Waals surface area contributed by atoms with Gasteiger partial charge in [-0.25, -0.2) is 4.98 Å². The van der Waals surface area contributed by atoms with E-state index in [0.717, 1.165) is 22.8 Å². The second-order valence-electron chi connectivity index (χ2n) is 4.85. The van der Waals surface area contributed by atoms with E-state index >= 15 is 0 Å². The second kappa shape index (κ2) is 7.08. The Morgan fingerprint density at radius 2 is 2.00 bits per heavy atom. The van der Waals surface area contributed by atoms with E-state index in [2.05, 4.69) is 15.6 Å². The number of carbonyl (C=O) groups excluding carboxylic acids is 1. The topological polar surface area (TPSA) is 57.3 Å². The summed E-state index contributed by atoms with van der Waals surface area (Å²) in [5.74, 6) is -0.0509. The quantitative estimate of drug-likeness (QED) is 0.861. The van der Waals surface area contributed by atoms with Crippen molar-refractivity contribution in [2.75, 3.05) is 36.2 Å². The third-order valence-electron chi connectivity index (χ3n) is 2.92. The summed E-state index contributed by atoms with van der Waals surface area (Å²) in [6.45, 7) is 2.86. The number of amides is 1. The first kappa shape index (κ1) is 15.3. The van der Waals surface area contributed by atoms with Gasteiger partial charge >= 0.3 is 0 Å². The average Bonchev–Trinajstić information content (AvgIpc) is 2.87. The molecule has 112 valence electrons. The minimum Gasteiger partial charge on any atom is -0.378 e. The highest BCUT2D eigenvalue weighted by atomic mass is 32.1. The van der Waals surface area contributed by atoms with Crippen LogP contribution in [0.2, 0.25) is 0 Å². The highest BCUT2D eigenvalue weighted by Crippen LogP contribution is 2.23. The number of nitrogens with zero attached hydrogens (tertiary/aromatic N) is 2. The van der Waals surface area contributed by atoms with Crippen molar-refractivity contribution in [1.82, 2.24) is 4.98 Å². The van der Waals surface area contributed by atoms with Gasteiger partial charge in [-0.3, -0.25) is 4.79 Å². The fraction of sp³-hybridized carbons (Fsp3) is 0.333. The van der Waals surface area contributed by atoms with Gasteiger partial charge in [-0.2, -0.15) is 0 Å². The maximum atomic E-state index is 12.0. The van der Waals surface area contributed by atoms with Crippen LogP contribution < -0.4 is 15.5 Å². The molecular formula is C15H20N4OS. The number of aromatic nitrogens is 1. The van der Waals surface area contributed by atoms with E-state index in [1.54, 1.807) is 6.20 Å². The summed E-state index contributed by atoms with van der Waals surface area (Å²) >= 11 is 1.44. The highest BCUT2D eigenvalue weighted by molar-refractivity contribution is 7.19. The number of anilines is 3. The first-order valence-corrected chi connectivity index (χ1v) is 7.66. The summed E-state index contributed by atoms with van der Waals surface area (Å²) in [7, 11) is 3.98. The van der Waals surface area contributed by atoms with Crippen LogP contribution >= 0.6 is 11.3 Å². The molecule has 0 aliphatic heterocycles. The predicted molar refractivity (Wildman–Crippen MR) is 89.4 cm³/mol. The van der Waals surface area contributed by atoms with E-state index in [4.69, 9.17) is 0 Å². The van der Waals surface area contributed by atoms with Crippen LogP contribution in [0.5, 0.6) is 0 Å². The van der Waals surface area contributed by atoms with E-state index in [0.29, 0.717) is 11.6 Å². The molecule has 0 spiro atoms. The zero-order chi connectivity index (χ0) is 15.2. The van der Waals surface area contributed by atoms with Crippen LogP contribution in [-0.2, 0) is 11.2 Å². The molecule has 6 heteroatoms. The number of hydrogen-bond donors (Lipinski definition) is 2. The van der Waals surface area contributed by atoms with Gasteiger partial charge in [0.2, 0.25) is 5.91 Å². The highest BCUT2D eigenvalue weighted by Gasteiger charge is 2.07. The molecule has 1 aromatic carbocycles. The third-order valence-corrected chi connectivity index (χ3v) is 3.79. The molecule has 0 atom stereocenters. The second-order valence-corrected chi connectivity index (χ2v) is 5.88. The number of carbonyl (C=O) groups is 1. The molecule has 0 unspecified atom stereocenters. The molecule has 0 bridgehead atoms. The van der Waals surface area contributed by atoms with E-state index in [1.165, 1.54) is 11.3 Å². The monoisotopic (exact) mass is 304 g/mol. The van der Waals surface area contributed by atoms with Crippen molar-refractivity contribution in [1.29, 1.82) is 0 Å². The van der Waals surface area contributed by atoms with Gasteiger partial charge < -0.3 is 15.5 Å². The van der Waals surface area contributed by atoms with Crippen LogP contribution in [0.15, 0.2) is 30.5 Å². The van der Waals surface area contributed by atoms with Crippen molar-refractivity contribution in [3.63, 3.8) is 0 Å². The van der Waals surface area contributed by atoms with Crippen LogP contribution in [0.3, 0.4) is 0 Å². The minimum atomic E-state index is -0.0509. The first-order valence-electron chi connectivity index (χ1n) is 6.84. The number of thiazole rings is 1. The summed E-state index contributed by atoms with van der Waals surface area (Å²) in [5, 5.41) is 7.58. The van der Waals surface area contributed by atoms with E-state index in [-0.39, 0.29) is 5.91 Å². The Morgan fingerprint density at radius 3 is 2.62 bits per heavy atom. The van der Waals surface area contributed by atoms with E-state index < -0.39 is 0 Å². The molecule has 0 saturated carbocycles. The lowest BCUT2D eigenvalue weighted by Gasteiger charge is -2.12. The smallest absolute Gasteiger partial charge is 0.230 e. The van der Waals surface area contributed by atoms with Crippen LogP contribution in [0.25, 0.3) is 0 Å². The van der Waals surface area contributed by atoms with Crippen LogP contribution in [0.1, 0.15) is 12.5 Å². The van der Waals surface area contributed by atoms with Crippen molar-refractivity contribution >= 4 is 33.1 Å². The van der Waals surface area contributed by atoms with Gasteiger partial charge in [0, 0.05) is 26.3 Å². The lowest BCUT2D eigenvalue weighted by Crippen LogP contribution is -2.14. The average molecular weight is 304 g/mol. The molecule has 1 amide bonds. The van der Waals surface area contributed by atoms with Gasteiger partial charge in [-0.1, -0.05) is 23.5 Å². The van der Waals surface area contributed by atoms with Crippen LogP contribution in [0, 0.1) is 0 Å². The Bertz CT molecular complexity index is 592. The number of rotatable bonds is 6. The van der Waals surface area contributed by atoms with Crippen molar-refractivity contribution in [2.45, 2.75) is 13.3 Å². The molecule has 0 saturated heterocycles. The van der Waals surface area contributed by atoms with Crippen molar-refractivity contribution in [2.24, 2.45) is 0 Å². The lowest BCUT2D eigenvalue weighted by atomic mass is 10.1. The molecule has 2 aromatic rings. The number of nitrogens with one attached hydrogen (secondary N) is 2. The molecule has 0 aliphatic rings.